The van der Waals surface area contributed by atoms with Crippen molar-refractivity contribution in [3.63, 3.8) is 0 Å². The summed E-state index contributed by atoms with van der Waals surface area (Å²) in [5.41, 5.74) is -1.91. The summed E-state index contributed by atoms with van der Waals surface area (Å²) in [6.07, 6.45) is 2.66. The highest BCUT2D eigenvalue weighted by molar-refractivity contribution is 8.01. The summed E-state index contributed by atoms with van der Waals surface area (Å²) in [7, 11) is 0. The van der Waals surface area contributed by atoms with Gasteiger partial charge < -0.3 is 15.3 Å². The van der Waals surface area contributed by atoms with Crippen molar-refractivity contribution < 1.29 is 24.1 Å². The SMILES string of the molecule is CC(C)(SC(CO)CO)C(O)(Cn1cncn1)c1ccc(F)cc1F. The van der Waals surface area contributed by atoms with Gasteiger partial charge in [0.1, 0.15) is 29.9 Å². The Morgan fingerprint density at radius 1 is 1.24 bits per heavy atom. The highest BCUT2D eigenvalue weighted by Crippen LogP contribution is 2.46. The number of thioether (sulfide) groups is 1. The molecular formula is C16H21F2N3O3S. The second kappa shape index (κ2) is 7.77. The van der Waals surface area contributed by atoms with E-state index in [4.69, 9.17) is 0 Å². The normalized spacial score (nSPS) is 14.7. The number of aromatic nitrogens is 3. The Bertz CT molecular complexity index is 696. The van der Waals surface area contributed by atoms with Gasteiger partial charge in [-0.15, -0.1) is 11.8 Å². The Morgan fingerprint density at radius 2 is 1.92 bits per heavy atom. The van der Waals surface area contributed by atoms with E-state index in [2.05, 4.69) is 10.1 Å². The van der Waals surface area contributed by atoms with Crippen LogP contribution in [-0.2, 0) is 12.1 Å². The number of aliphatic hydroxyl groups is 3. The molecule has 0 aliphatic carbocycles. The third-order valence-corrected chi connectivity index (χ3v) is 5.66. The summed E-state index contributed by atoms with van der Waals surface area (Å²) in [4.78, 5) is 3.81. The first kappa shape index (κ1) is 19.8. The predicted octanol–water partition coefficient (Wildman–Crippen LogP) is 1.31. The van der Waals surface area contributed by atoms with Crippen LogP contribution in [0.15, 0.2) is 30.9 Å². The molecule has 0 amide bonds. The summed E-state index contributed by atoms with van der Waals surface area (Å²) in [6, 6.07) is 2.97. The van der Waals surface area contributed by atoms with Gasteiger partial charge in [-0.1, -0.05) is 6.07 Å². The van der Waals surface area contributed by atoms with Gasteiger partial charge >= 0.3 is 0 Å². The van der Waals surface area contributed by atoms with Crippen LogP contribution >= 0.6 is 11.8 Å². The molecule has 0 radical (unpaired) electrons. The largest absolute Gasteiger partial charge is 0.395 e. The van der Waals surface area contributed by atoms with E-state index in [1.807, 2.05) is 0 Å². The van der Waals surface area contributed by atoms with Crippen molar-refractivity contribution in [2.24, 2.45) is 0 Å². The van der Waals surface area contributed by atoms with Gasteiger partial charge in [-0.3, -0.25) is 0 Å². The average molecular weight is 373 g/mol. The van der Waals surface area contributed by atoms with Gasteiger partial charge in [0.25, 0.3) is 0 Å². The van der Waals surface area contributed by atoms with Crippen molar-refractivity contribution >= 4 is 11.8 Å². The Hall–Kier alpha value is -1.55. The van der Waals surface area contributed by atoms with E-state index in [0.717, 1.165) is 17.8 Å². The molecule has 1 aromatic heterocycles. The van der Waals surface area contributed by atoms with Crippen molar-refractivity contribution in [3.8, 4) is 0 Å². The van der Waals surface area contributed by atoms with Crippen LogP contribution in [0.1, 0.15) is 19.4 Å². The van der Waals surface area contributed by atoms with Crippen LogP contribution in [0.3, 0.4) is 0 Å². The Balaban J connectivity index is 2.51. The molecule has 1 atom stereocenters. The lowest BCUT2D eigenvalue weighted by Crippen LogP contribution is -2.50. The minimum absolute atomic E-state index is 0.100. The molecule has 138 valence electrons. The lowest BCUT2D eigenvalue weighted by atomic mass is 9.82. The molecule has 0 bridgehead atoms. The summed E-state index contributed by atoms with van der Waals surface area (Å²) in [5, 5.41) is 33.6. The zero-order valence-corrected chi connectivity index (χ0v) is 14.7. The topological polar surface area (TPSA) is 91.4 Å². The summed E-state index contributed by atoms with van der Waals surface area (Å²) < 4.78 is 28.0. The van der Waals surface area contributed by atoms with Gasteiger partial charge in [0, 0.05) is 16.4 Å². The molecule has 1 aromatic carbocycles. The molecule has 9 heteroatoms. The second-order valence-corrected chi connectivity index (χ2v) is 8.12. The maximum absolute atomic E-state index is 14.5. The van der Waals surface area contributed by atoms with E-state index in [0.29, 0.717) is 6.07 Å². The maximum atomic E-state index is 14.5. The van der Waals surface area contributed by atoms with Crippen LogP contribution in [0.5, 0.6) is 0 Å². The minimum Gasteiger partial charge on any atom is -0.395 e. The molecule has 1 heterocycles. The van der Waals surface area contributed by atoms with E-state index >= 15 is 0 Å². The summed E-state index contributed by atoms with van der Waals surface area (Å²) >= 11 is 1.11. The van der Waals surface area contributed by atoms with Crippen LogP contribution in [0, 0.1) is 11.6 Å². The molecule has 0 aliphatic heterocycles. The lowest BCUT2D eigenvalue weighted by molar-refractivity contribution is -0.0173. The van der Waals surface area contributed by atoms with Crippen LogP contribution in [0.2, 0.25) is 0 Å². The number of aliphatic hydroxyl groups excluding tert-OH is 2. The van der Waals surface area contributed by atoms with Gasteiger partial charge in [-0.25, -0.2) is 18.4 Å². The smallest absolute Gasteiger partial charge is 0.137 e. The molecule has 0 fully saturated rings. The van der Waals surface area contributed by atoms with Crippen LogP contribution in [0.25, 0.3) is 0 Å². The average Bonchev–Trinajstić information content (AvgIpc) is 3.05. The molecule has 1 unspecified atom stereocenters. The minimum atomic E-state index is -1.81. The van der Waals surface area contributed by atoms with Crippen LogP contribution in [0.4, 0.5) is 8.78 Å². The maximum Gasteiger partial charge on any atom is 0.137 e. The number of rotatable bonds is 8. The van der Waals surface area contributed by atoms with Crippen molar-refractivity contribution in [1.82, 2.24) is 14.8 Å². The fourth-order valence-corrected chi connectivity index (χ4v) is 3.97. The third kappa shape index (κ3) is 4.17. The summed E-state index contributed by atoms with van der Waals surface area (Å²) in [5.74, 6) is -1.64. The van der Waals surface area contributed by atoms with Gasteiger partial charge in [-0.2, -0.15) is 5.10 Å². The van der Waals surface area contributed by atoms with E-state index in [-0.39, 0.29) is 25.3 Å². The van der Waals surface area contributed by atoms with Crippen molar-refractivity contribution in [1.29, 1.82) is 0 Å². The van der Waals surface area contributed by atoms with Gasteiger partial charge in [0.15, 0.2) is 0 Å². The zero-order chi connectivity index (χ0) is 18.7. The number of hydrogen-bond donors (Lipinski definition) is 3. The fraction of sp³-hybridized carbons (Fsp3) is 0.500. The highest BCUT2D eigenvalue weighted by atomic mass is 32.2. The van der Waals surface area contributed by atoms with Crippen LogP contribution in [-0.4, -0.2) is 53.3 Å². The fourth-order valence-electron chi connectivity index (χ4n) is 2.62. The monoisotopic (exact) mass is 373 g/mol. The van der Waals surface area contributed by atoms with Crippen molar-refractivity contribution in [3.05, 3.63) is 48.1 Å². The Labute approximate surface area is 148 Å². The van der Waals surface area contributed by atoms with Gasteiger partial charge in [-0.05, 0) is 19.9 Å². The highest BCUT2D eigenvalue weighted by Gasteiger charge is 2.48. The number of benzene rings is 1. The Morgan fingerprint density at radius 3 is 2.44 bits per heavy atom. The first-order chi connectivity index (χ1) is 11.7. The molecule has 0 spiro atoms. The van der Waals surface area contributed by atoms with Gasteiger partial charge in [0.05, 0.1) is 25.0 Å². The molecule has 2 rings (SSSR count). The zero-order valence-electron chi connectivity index (χ0n) is 13.9. The third-order valence-electron chi connectivity index (χ3n) is 4.10. The number of hydrogen-bond acceptors (Lipinski definition) is 6. The van der Waals surface area contributed by atoms with E-state index in [1.165, 1.54) is 23.4 Å². The first-order valence-electron chi connectivity index (χ1n) is 7.63. The number of halogens is 2. The van der Waals surface area contributed by atoms with E-state index < -0.39 is 27.2 Å². The quantitative estimate of drug-likeness (QED) is 0.646. The predicted molar refractivity (Wildman–Crippen MR) is 89.9 cm³/mol. The Kier molecular flexibility index (Phi) is 6.15. The lowest BCUT2D eigenvalue weighted by Gasteiger charge is -2.44. The molecule has 0 saturated heterocycles. The van der Waals surface area contributed by atoms with Gasteiger partial charge in [0.2, 0.25) is 0 Å². The molecule has 2 aromatic rings. The van der Waals surface area contributed by atoms with Crippen molar-refractivity contribution in [2.45, 2.75) is 36.0 Å². The molecule has 6 nitrogen and oxygen atoms in total. The molecule has 25 heavy (non-hydrogen) atoms. The van der Waals surface area contributed by atoms with E-state index in [1.54, 1.807) is 13.8 Å². The first-order valence-corrected chi connectivity index (χ1v) is 8.51. The molecule has 0 saturated carbocycles. The van der Waals surface area contributed by atoms with Crippen molar-refractivity contribution in [2.75, 3.05) is 13.2 Å². The second-order valence-electron chi connectivity index (χ2n) is 6.19. The van der Waals surface area contributed by atoms with Crippen LogP contribution < -0.4 is 0 Å². The molecule has 3 N–H and O–H groups in total. The molecule has 0 aliphatic rings. The van der Waals surface area contributed by atoms with E-state index in [9.17, 15) is 24.1 Å². The standard InChI is InChI=1S/C16H21F2N3O3S/c1-15(2,25-12(6-22)7-23)16(24,8-21-10-19-9-20-21)13-4-3-11(17)5-14(13)18/h3-5,9-10,12,22-24H,6-8H2,1-2H3. The number of nitrogens with zero attached hydrogens (tertiary/aromatic N) is 3. The summed E-state index contributed by atoms with van der Waals surface area (Å²) in [6.45, 7) is 2.57. The molecular weight excluding hydrogens is 352 g/mol.